The van der Waals surface area contributed by atoms with Gasteiger partial charge in [0, 0.05) is 28.5 Å². The number of halogens is 1. The van der Waals surface area contributed by atoms with Crippen molar-refractivity contribution in [1.29, 1.82) is 0 Å². The molecule has 0 bridgehead atoms. The van der Waals surface area contributed by atoms with Crippen LogP contribution in [-0.4, -0.2) is 44.5 Å². The van der Waals surface area contributed by atoms with E-state index in [2.05, 4.69) is 27.9 Å². The van der Waals surface area contributed by atoms with Crippen molar-refractivity contribution in [3.8, 4) is 5.75 Å². The van der Waals surface area contributed by atoms with Crippen LogP contribution in [0.25, 0.3) is 10.9 Å². The zero-order valence-corrected chi connectivity index (χ0v) is 17.6. The second-order valence-corrected chi connectivity index (χ2v) is 9.56. The van der Waals surface area contributed by atoms with Crippen LogP contribution in [0.15, 0.2) is 58.0 Å². The second kappa shape index (κ2) is 6.96. The summed E-state index contributed by atoms with van der Waals surface area (Å²) < 4.78 is 34.4. The summed E-state index contributed by atoms with van der Waals surface area (Å²) in [6.45, 7) is 1.91. The Hall–Kier alpha value is -1.83. The Kier molecular flexibility index (Phi) is 4.78. The minimum atomic E-state index is -3.74. The molecule has 4 rings (SSSR count). The van der Waals surface area contributed by atoms with Gasteiger partial charge in [-0.2, -0.15) is 0 Å². The molecule has 0 N–H and O–H groups in total. The molecule has 1 aliphatic rings. The molecule has 1 saturated heterocycles. The first kappa shape index (κ1) is 18.5. The lowest BCUT2D eigenvalue weighted by Gasteiger charge is -2.11. The number of benzene rings is 2. The highest BCUT2D eigenvalue weighted by Crippen LogP contribution is 2.40. The van der Waals surface area contributed by atoms with Crippen LogP contribution in [0.4, 0.5) is 0 Å². The molecule has 1 aromatic heterocycles. The van der Waals surface area contributed by atoms with Crippen molar-refractivity contribution < 1.29 is 13.2 Å². The van der Waals surface area contributed by atoms with Crippen LogP contribution in [0.2, 0.25) is 0 Å². The average Bonchev–Trinajstić information content (AvgIpc) is 3.25. The fourth-order valence-electron chi connectivity index (χ4n) is 3.88. The van der Waals surface area contributed by atoms with Gasteiger partial charge in [-0.3, -0.25) is 0 Å². The van der Waals surface area contributed by atoms with Crippen molar-refractivity contribution >= 4 is 36.9 Å². The van der Waals surface area contributed by atoms with E-state index in [0.717, 1.165) is 30.5 Å². The number of nitrogens with zero attached hydrogens (tertiary/aromatic N) is 2. The van der Waals surface area contributed by atoms with Crippen molar-refractivity contribution in [1.82, 2.24) is 8.87 Å². The summed E-state index contributed by atoms with van der Waals surface area (Å²) in [5.74, 6) is 0.989. The van der Waals surface area contributed by atoms with E-state index in [9.17, 15) is 8.42 Å². The summed E-state index contributed by atoms with van der Waals surface area (Å²) in [7, 11) is -0.0274. The molecular weight excluding hydrogens is 428 g/mol. The van der Waals surface area contributed by atoms with Gasteiger partial charge in [-0.1, -0.05) is 18.2 Å². The van der Waals surface area contributed by atoms with Gasteiger partial charge in [0.2, 0.25) is 0 Å². The molecule has 7 heteroatoms. The lowest BCUT2D eigenvalue weighted by atomic mass is 9.97. The van der Waals surface area contributed by atoms with Crippen molar-refractivity contribution in [3.05, 3.63) is 58.7 Å². The molecule has 0 saturated carbocycles. The molecule has 5 nitrogen and oxygen atoms in total. The van der Waals surface area contributed by atoms with Gasteiger partial charge in [-0.15, -0.1) is 0 Å². The normalized spacial score (nSPS) is 18.3. The number of hydrogen-bond acceptors (Lipinski definition) is 4. The van der Waals surface area contributed by atoms with E-state index in [1.165, 1.54) is 3.97 Å². The summed E-state index contributed by atoms with van der Waals surface area (Å²) in [6.07, 6.45) is 2.79. The molecule has 0 radical (unpaired) electrons. The summed E-state index contributed by atoms with van der Waals surface area (Å²) in [5, 5.41) is 0.885. The number of aromatic nitrogens is 1. The Balaban J connectivity index is 1.98. The highest BCUT2D eigenvalue weighted by atomic mass is 79.9. The Morgan fingerprint density at radius 2 is 1.93 bits per heavy atom. The molecule has 1 aliphatic heterocycles. The molecule has 27 heavy (non-hydrogen) atoms. The Morgan fingerprint density at radius 3 is 2.59 bits per heavy atom. The van der Waals surface area contributed by atoms with Crippen LogP contribution in [0.1, 0.15) is 17.9 Å². The standard InChI is InChI=1S/C20H21BrN2O3S/c1-22-11-10-14(12-22)15-13-23(17-7-5-8-18(26-2)20(15)17)27(24,25)19-9-4-3-6-16(19)21/h3-9,13-14H,10-12H2,1-2H3/t14-/m0/s1. The van der Waals surface area contributed by atoms with Gasteiger partial charge in [-0.25, -0.2) is 12.4 Å². The molecule has 0 spiro atoms. The zero-order valence-electron chi connectivity index (χ0n) is 15.2. The summed E-state index contributed by atoms with van der Waals surface area (Å²) >= 11 is 3.38. The molecular formula is C20H21BrN2O3S. The summed E-state index contributed by atoms with van der Waals surface area (Å²) in [4.78, 5) is 2.52. The maximum Gasteiger partial charge on any atom is 0.269 e. The number of methoxy groups -OCH3 is 1. The molecule has 1 fully saturated rings. The van der Waals surface area contributed by atoms with Gasteiger partial charge in [-0.05, 0) is 65.8 Å². The van der Waals surface area contributed by atoms with Gasteiger partial charge >= 0.3 is 0 Å². The van der Waals surface area contributed by atoms with Crippen LogP contribution in [0.5, 0.6) is 5.75 Å². The maximum absolute atomic E-state index is 13.4. The molecule has 3 aromatic rings. The highest BCUT2D eigenvalue weighted by molar-refractivity contribution is 9.10. The van der Waals surface area contributed by atoms with Gasteiger partial charge < -0.3 is 9.64 Å². The van der Waals surface area contributed by atoms with E-state index in [4.69, 9.17) is 4.74 Å². The van der Waals surface area contributed by atoms with Crippen molar-refractivity contribution in [2.45, 2.75) is 17.2 Å². The number of likely N-dealkylation sites (tertiary alicyclic amines) is 1. The Bertz CT molecular complexity index is 1110. The average molecular weight is 449 g/mol. The second-order valence-electron chi connectivity index (χ2n) is 6.92. The zero-order chi connectivity index (χ0) is 19.2. The third kappa shape index (κ3) is 3.07. The molecule has 0 unspecified atom stereocenters. The molecule has 142 valence electrons. The number of ether oxygens (including phenoxy) is 1. The van der Waals surface area contributed by atoms with Crippen LogP contribution in [0.3, 0.4) is 0 Å². The topological polar surface area (TPSA) is 51.5 Å². The van der Waals surface area contributed by atoms with Crippen LogP contribution in [0, 0.1) is 0 Å². The van der Waals surface area contributed by atoms with Crippen molar-refractivity contribution in [2.75, 3.05) is 27.2 Å². The van der Waals surface area contributed by atoms with Crippen molar-refractivity contribution in [2.24, 2.45) is 0 Å². The first-order valence-electron chi connectivity index (χ1n) is 8.80. The highest BCUT2D eigenvalue weighted by Gasteiger charge is 2.30. The van der Waals surface area contributed by atoms with E-state index in [1.807, 2.05) is 18.2 Å². The number of rotatable bonds is 4. The smallest absolute Gasteiger partial charge is 0.269 e. The van der Waals surface area contributed by atoms with Gasteiger partial charge in [0.05, 0.1) is 12.6 Å². The number of fused-ring (bicyclic) bond motifs is 1. The van der Waals surface area contributed by atoms with E-state index in [1.54, 1.807) is 37.6 Å². The van der Waals surface area contributed by atoms with Gasteiger partial charge in [0.15, 0.2) is 0 Å². The number of hydrogen-bond donors (Lipinski definition) is 0. The Morgan fingerprint density at radius 1 is 1.15 bits per heavy atom. The molecule has 2 aromatic carbocycles. The first-order valence-corrected chi connectivity index (χ1v) is 11.0. The lowest BCUT2D eigenvalue weighted by molar-refractivity contribution is 0.410. The van der Waals surface area contributed by atoms with E-state index >= 15 is 0 Å². The fraction of sp³-hybridized carbons (Fsp3) is 0.300. The largest absolute Gasteiger partial charge is 0.496 e. The minimum absolute atomic E-state index is 0.250. The predicted molar refractivity (Wildman–Crippen MR) is 110 cm³/mol. The van der Waals surface area contributed by atoms with E-state index in [0.29, 0.717) is 15.7 Å². The van der Waals surface area contributed by atoms with E-state index < -0.39 is 10.0 Å². The minimum Gasteiger partial charge on any atom is -0.496 e. The third-order valence-corrected chi connectivity index (χ3v) is 7.90. The van der Waals surface area contributed by atoms with Crippen LogP contribution < -0.4 is 4.74 Å². The van der Waals surface area contributed by atoms with Crippen LogP contribution >= 0.6 is 15.9 Å². The third-order valence-electron chi connectivity index (χ3n) is 5.21. The van der Waals surface area contributed by atoms with E-state index in [-0.39, 0.29) is 10.8 Å². The summed E-state index contributed by atoms with van der Waals surface area (Å²) in [6, 6.07) is 12.5. The monoisotopic (exact) mass is 448 g/mol. The van der Waals surface area contributed by atoms with Crippen LogP contribution in [-0.2, 0) is 10.0 Å². The first-order chi connectivity index (χ1) is 12.9. The SMILES string of the molecule is COc1cccc2c1c([C@H]1CCN(C)C1)cn2S(=O)(=O)c1ccccc1Br. The fourth-order valence-corrected chi connectivity index (χ4v) is 6.22. The van der Waals surface area contributed by atoms with Crippen molar-refractivity contribution in [3.63, 3.8) is 0 Å². The molecule has 0 amide bonds. The predicted octanol–water partition coefficient (Wildman–Crippen LogP) is 4.07. The molecule has 2 heterocycles. The van der Waals surface area contributed by atoms with Gasteiger partial charge in [0.1, 0.15) is 10.6 Å². The quantitative estimate of drug-likeness (QED) is 0.603. The summed E-state index contributed by atoms with van der Waals surface area (Å²) in [5.41, 5.74) is 1.68. The molecule has 0 aliphatic carbocycles. The molecule has 1 atom stereocenters. The lowest BCUT2D eigenvalue weighted by Crippen LogP contribution is -2.14. The number of likely N-dealkylation sites (N-methyl/N-ethyl adjacent to an activating group) is 1. The Labute approximate surface area is 167 Å². The van der Waals surface area contributed by atoms with Gasteiger partial charge in [0.25, 0.3) is 10.0 Å². The maximum atomic E-state index is 13.4.